The van der Waals surface area contributed by atoms with E-state index in [1.165, 1.54) is 51.6 Å². The monoisotopic (exact) mass is 210 g/mol. The molecule has 0 radical (unpaired) electrons. The van der Waals surface area contributed by atoms with Crippen LogP contribution in [0.3, 0.4) is 0 Å². The van der Waals surface area contributed by atoms with Gasteiger partial charge >= 0.3 is 0 Å². The van der Waals surface area contributed by atoms with E-state index in [1.54, 1.807) is 0 Å². The molecule has 0 aromatic heterocycles. The molecule has 0 bridgehead atoms. The first-order chi connectivity index (χ1) is 7.25. The standard InChI is InChI=1S/C13H26N2/c1-11-5-3-7-13(9-11)15(2)10-12-6-4-8-14-12/h11-14H,3-10H2,1-2H3/t11?,12-,13?/m1/s1. The van der Waals surface area contributed by atoms with Crippen LogP contribution in [0.25, 0.3) is 0 Å². The zero-order valence-corrected chi connectivity index (χ0v) is 10.3. The lowest BCUT2D eigenvalue weighted by Crippen LogP contribution is -2.42. The van der Waals surface area contributed by atoms with E-state index in [9.17, 15) is 0 Å². The molecule has 2 heteroatoms. The summed E-state index contributed by atoms with van der Waals surface area (Å²) < 4.78 is 0. The van der Waals surface area contributed by atoms with Crippen LogP contribution in [-0.2, 0) is 0 Å². The summed E-state index contributed by atoms with van der Waals surface area (Å²) in [7, 11) is 2.32. The molecule has 1 aliphatic carbocycles. The molecule has 1 heterocycles. The number of likely N-dealkylation sites (N-methyl/N-ethyl adjacent to an activating group) is 1. The minimum atomic E-state index is 0.771. The van der Waals surface area contributed by atoms with Crippen molar-refractivity contribution in [1.29, 1.82) is 0 Å². The second kappa shape index (κ2) is 5.31. The molecule has 2 rings (SSSR count). The fourth-order valence-electron chi connectivity index (χ4n) is 3.21. The van der Waals surface area contributed by atoms with Crippen molar-refractivity contribution >= 4 is 0 Å². The van der Waals surface area contributed by atoms with Gasteiger partial charge in [-0.25, -0.2) is 0 Å². The summed E-state index contributed by atoms with van der Waals surface area (Å²) in [6.07, 6.45) is 8.49. The molecule has 0 aromatic rings. The average Bonchev–Trinajstić information content (AvgIpc) is 2.70. The second-order valence-electron chi connectivity index (χ2n) is 5.66. The summed E-state index contributed by atoms with van der Waals surface area (Å²) in [5.74, 6) is 0.947. The van der Waals surface area contributed by atoms with E-state index in [0.29, 0.717) is 0 Å². The third kappa shape index (κ3) is 3.18. The summed E-state index contributed by atoms with van der Waals surface area (Å²) in [4.78, 5) is 2.61. The van der Waals surface area contributed by atoms with Gasteiger partial charge in [0.1, 0.15) is 0 Å². The predicted octanol–water partition coefficient (Wildman–Crippen LogP) is 2.25. The quantitative estimate of drug-likeness (QED) is 0.768. The van der Waals surface area contributed by atoms with Gasteiger partial charge in [0.05, 0.1) is 0 Å². The van der Waals surface area contributed by atoms with Crippen LogP contribution in [0.1, 0.15) is 45.4 Å². The van der Waals surface area contributed by atoms with Crippen LogP contribution in [0.2, 0.25) is 0 Å². The maximum atomic E-state index is 3.60. The van der Waals surface area contributed by atoms with E-state index in [-0.39, 0.29) is 0 Å². The van der Waals surface area contributed by atoms with Gasteiger partial charge in [-0.15, -0.1) is 0 Å². The van der Waals surface area contributed by atoms with E-state index < -0.39 is 0 Å². The number of nitrogens with zero attached hydrogens (tertiary/aromatic N) is 1. The third-order valence-electron chi connectivity index (χ3n) is 4.20. The molecule has 15 heavy (non-hydrogen) atoms. The van der Waals surface area contributed by atoms with Gasteiger partial charge in [-0.05, 0) is 45.2 Å². The van der Waals surface area contributed by atoms with Crippen molar-refractivity contribution in [2.24, 2.45) is 5.92 Å². The fourth-order valence-corrected chi connectivity index (χ4v) is 3.21. The normalized spacial score (nSPS) is 37.4. The summed E-state index contributed by atoms with van der Waals surface area (Å²) >= 11 is 0. The van der Waals surface area contributed by atoms with E-state index in [1.807, 2.05) is 0 Å². The minimum Gasteiger partial charge on any atom is -0.313 e. The Balaban J connectivity index is 1.76. The van der Waals surface area contributed by atoms with Crippen LogP contribution in [0.5, 0.6) is 0 Å². The SMILES string of the molecule is CC1CCCC(N(C)C[C@H]2CCCN2)C1. The maximum Gasteiger partial charge on any atom is 0.0195 e. The first-order valence-electron chi connectivity index (χ1n) is 6.69. The molecule has 2 aliphatic rings. The van der Waals surface area contributed by atoms with E-state index in [2.05, 4.69) is 24.2 Å². The molecular formula is C13H26N2. The first-order valence-corrected chi connectivity index (χ1v) is 6.69. The Morgan fingerprint density at radius 1 is 1.20 bits per heavy atom. The van der Waals surface area contributed by atoms with Crippen molar-refractivity contribution in [2.45, 2.75) is 57.5 Å². The van der Waals surface area contributed by atoms with E-state index >= 15 is 0 Å². The number of hydrogen-bond donors (Lipinski definition) is 1. The highest BCUT2D eigenvalue weighted by atomic mass is 15.2. The van der Waals surface area contributed by atoms with Crippen molar-refractivity contribution in [3.63, 3.8) is 0 Å². The molecule has 1 saturated heterocycles. The highest BCUT2D eigenvalue weighted by molar-refractivity contribution is 4.82. The number of nitrogens with one attached hydrogen (secondary N) is 1. The molecule has 2 unspecified atom stereocenters. The Morgan fingerprint density at radius 2 is 2.07 bits per heavy atom. The molecule has 2 fully saturated rings. The molecule has 88 valence electrons. The van der Waals surface area contributed by atoms with Crippen molar-refractivity contribution in [3.05, 3.63) is 0 Å². The predicted molar refractivity (Wildman–Crippen MR) is 65.1 cm³/mol. The van der Waals surface area contributed by atoms with Gasteiger partial charge in [0.25, 0.3) is 0 Å². The first kappa shape index (κ1) is 11.4. The molecular weight excluding hydrogens is 184 g/mol. The van der Waals surface area contributed by atoms with Crippen molar-refractivity contribution in [2.75, 3.05) is 20.1 Å². The highest BCUT2D eigenvalue weighted by Crippen LogP contribution is 2.26. The largest absolute Gasteiger partial charge is 0.313 e. The zero-order chi connectivity index (χ0) is 10.7. The highest BCUT2D eigenvalue weighted by Gasteiger charge is 2.24. The zero-order valence-electron chi connectivity index (χ0n) is 10.3. The Bertz CT molecular complexity index is 187. The Hall–Kier alpha value is -0.0800. The Kier molecular flexibility index (Phi) is 4.04. The average molecular weight is 210 g/mol. The maximum absolute atomic E-state index is 3.60. The summed E-state index contributed by atoms with van der Waals surface area (Å²) in [6.45, 7) is 4.91. The third-order valence-corrected chi connectivity index (χ3v) is 4.20. The fraction of sp³-hybridized carbons (Fsp3) is 1.00. The Morgan fingerprint density at radius 3 is 2.73 bits per heavy atom. The van der Waals surface area contributed by atoms with Gasteiger partial charge in [0.2, 0.25) is 0 Å². The Labute approximate surface area is 94.4 Å². The summed E-state index contributed by atoms with van der Waals surface area (Å²) in [5, 5.41) is 3.60. The topological polar surface area (TPSA) is 15.3 Å². The van der Waals surface area contributed by atoms with Crippen LogP contribution in [0.15, 0.2) is 0 Å². The van der Waals surface area contributed by atoms with Gasteiger partial charge in [-0.2, -0.15) is 0 Å². The molecule has 1 N–H and O–H groups in total. The van der Waals surface area contributed by atoms with Gasteiger partial charge in [-0.3, -0.25) is 0 Å². The lowest BCUT2D eigenvalue weighted by atomic mass is 9.86. The lowest BCUT2D eigenvalue weighted by molar-refractivity contribution is 0.153. The van der Waals surface area contributed by atoms with Gasteiger partial charge < -0.3 is 10.2 Å². The molecule has 0 spiro atoms. The number of hydrogen-bond acceptors (Lipinski definition) is 2. The van der Waals surface area contributed by atoms with Gasteiger partial charge in [0, 0.05) is 18.6 Å². The lowest BCUT2D eigenvalue weighted by Gasteiger charge is -2.35. The summed E-state index contributed by atoms with van der Waals surface area (Å²) in [5.41, 5.74) is 0. The van der Waals surface area contributed by atoms with Crippen LogP contribution < -0.4 is 5.32 Å². The van der Waals surface area contributed by atoms with E-state index in [0.717, 1.165) is 18.0 Å². The van der Waals surface area contributed by atoms with Gasteiger partial charge in [-0.1, -0.05) is 19.8 Å². The van der Waals surface area contributed by atoms with Gasteiger partial charge in [0.15, 0.2) is 0 Å². The molecule has 1 aliphatic heterocycles. The molecule has 3 atom stereocenters. The molecule has 2 nitrogen and oxygen atoms in total. The minimum absolute atomic E-state index is 0.771. The molecule has 0 aromatic carbocycles. The smallest absolute Gasteiger partial charge is 0.0195 e. The second-order valence-corrected chi connectivity index (χ2v) is 5.66. The van der Waals surface area contributed by atoms with Crippen LogP contribution >= 0.6 is 0 Å². The van der Waals surface area contributed by atoms with Crippen LogP contribution in [0.4, 0.5) is 0 Å². The van der Waals surface area contributed by atoms with Crippen LogP contribution in [0, 0.1) is 5.92 Å². The van der Waals surface area contributed by atoms with Crippen LogP contribution in [-0.4, -0.2) is 37.1 Å². The molecule has 0 amide bonds. The van der Waals surface area contributed by atoms with Crippen molar-refractivity contribution < 1.29 is 0 Å². The molecule has 1 saturated carbocycles. The van der Waals surface area contributed by atoms with Crippen molar-refractivity contribution in [3.8, 4) is 0 Å². The number of rotatable bonds is 3. The van der Waals surface area contributed by atoms with Crippen molar-refractivity contribution in [1.82, 2.24) is 10.2 Å². The summed E-state index contributed by atoms with van der Waals surface area (Å²) in [6, 6.07) is 1.63. The van der Waals surface area contributed by atoms with E-state index in [4.69, 9.17) is 0 Å².